The van der Waals surface area contributed by atoms with Crippen LogP contribution in [-0.4, -0.2) is 82.9 Å². The van der Waals surface area contributed by atoms with Crippen molar-refractivity contribution in [2.75, 3.05) is 39.4 Å². The number of amides is 2. The largest absolute Gasteiger partial charge is 0.573 e. The van der Waals surface area contributed by atoms with Crippen molar-refractivity contribution >= 4 is 6.03 Å². The van der Waals surface area contributed by atoms with Gasteiger partial charge in [-0.2, -0.15) is 4.98 Å². The number of ether oxygens (including phenoxy) is 2. The molecule has 9 nitrogen and oxygen atoms in total. The number of hydrogen-bond donors (Lipinski definition) is 1. The van der Waals surface area contributed by atoms with E-state index in [0.717, 1.165) is 5.56 Å². The molecule has 0 spiro atoms. The molecule has 2 unspecified atom stereocenters. The third kappa shape index (κ3) is 6.88. The summed E-state index contributed by atoms with van der Waals surface area (Å²) in [7, 11) is 0. The maximum atomic E-state index is 13.3. The van der Waals surface area contributed by atoms with Crippen LogP contribution in [0.1, 0.15) is 55.3 Å². The average molecular weight is 513 g/mol. The molecule has 1 aromatic heterocycles. The Kier molecular flexibility index (Phi) is 8.35. The van der Waals surface area contributed by atoms with Crippen LogP contribution in [0.2, 0.25) is 0 Å². The van der Waals surface area contributed by atoms with Crippen molar-refractivity contribution in [3.63, 3.8) is 0 Å². The minimum atomic E-state index is -4.76. The van der Waals surface area contributed by atoms with Crippen molar-refractivity contribution in [2.24, 2.45) is 0 Å². The fourth-order valence-corrected chi connectivity index (χ4v) is 4.72. The molecular formula is C24H31F3N4O5. The number of halogens is 3. The van der Waals surface area contributed by atoms with Gasteiger partial charge >= 0.3 is 12.4 Å². The number of carbonyl (C=O) groups excluding carboxylic acids is 1. The lowest BCUT2D eigenvalue weighted by molar-refractivity contribution is -0.274. The lowest BCUT2D eigenvalue weighted by atomic mass is 9.84. The summed E-state index contributed by atoms with van der Waals surface area (Å²) in [5.41, 5.74) is 0.789. The number of piperidine rings is 2. The van der Waals surface area contributed by atoms with E-state index in [9.17, 15) is 23.1 Å². The summed E-state index contributed by atoms with van der Waals surface area (Å²) in [5, 5.41) is 13.8. The second-order valence-corrected chi connectivity index (χ2v) is 9.15. The molecule has 1 aromatic carbocycles. The first kappa shape index (κ1) is 26.2. The molecule has 2 aliphatic rings. The highest BCUT2D eigenvalue weighted by Gasteiger charge is 2.37. The van der Waals surface area contributed by atoms with Crippen LogP contribution in [0.4, 0.5) is 18.0 Å². The fourth-order valence-electron chi connectivity index (χ4n) is 4.72. The Hall–Kier alpha value is -2.86. The molecule has 1 N–H and O–H groups in total. The van der Waals surface area contributed by atoms with E-state index < -0.39 is 12.5 Å². The zero-order chi connectivity index (χ0) is 25.7. The van der Waals surface area contributed by atoms with Crippen molar-refractivity contribution in [1.29, 1.82) is 0 Å². The Bertz CT molecular complexity index is 992. The van der Waals surface area contributed by atoms with Crippen molar-refractivity contribution in [3.8, 4) is 5.75 Å². The first-order valence-corrected chi connectivity index (χ1v) is 12.2. The van der Waals surface area contributed by atoms with Crippen LogP contribution in [0.3, 0.4) is 0 Å². The van der Waals surface area contributed by atoms with E-state index in [1.54, 1.807) is 21.9 Å². The molecule has 2 atom stereocenters. The number of nitrogens with zero attached hydrogens (tertiary/aromatic N) is 4. The molecule has 2 saturated heterocycles. The molecule has 2 aliphatic heterocycles. The number of aliphatic hydroxyl groups excluding tert-OH is 1. The second kappa shape index (κ2) is 11.5. The van der Waals surface area contributed by atoms with E-state index in [1.807, 2.05) is 6.92 Å². The number of aliphatic hydroxyl groups is 1. The van der Waals surface area contributed by atoms with Crippen LogP contribution in [0, 0.1) is 0 Å². The monoisotopic (exact) mass is 512 g/mol. The minimum Gasteiger partial charge on any atom is -0.406 e. The minimum absolute atomic E-state index is 0.135. The molecule has 0 aliphatic carbocycles. The number of aromatic nitrogens is 2. The highest BCUT2D eigenvalue weighted by Crippen LogP contribution is 2.37. The molecule has 36 heavy (non-hydrogen) atoms. The van der Waals surface area contributed by atoms with Gasteiger partial charge in [0.15, 0.2) is 5.82 Å². The van der Waals surface area contributed by atoms with E-state index in [4.69, 9.17) is 9.26 Å². The van der Waals surface area contributed by atoms with E-state index in [0.29, 0.717) is 76.8 Å². The van der Waals surface area contributed by atoms with Crippen LogP contribution in [0.15, 0.2) is 28.8 Å². The maximum absolute atomic E-state index is 13.3. The van der Waals surface area contributed by atoms with Gasteiger partial charge in [-0.05, 0) is 43.9 Å². The van der Waals surface area contributed by atoms with Gasteiger partial charge in [-0.3, -0.25) is 0 Å². The number of carbonyl (C=O) groups is 1. The van der Waals surface area contributed by atoms with Crippen molar-refractivity contribution in [3.05, 3.63) is 41.5 Å². The zero-order valence-corrected chi connectivity index (χ0v) is 20.1. The SMILES string of the molecule is CCOCCc1noc(C2CC(c3ccc(OC(F)(F)F)cc3)CN(C(=O)N3CCC(O)CC3)C2)n1. The van der Waals surface area contributed by atoms with Gasteiger partial charge in [0.05, 0.1) is 18.6 Å². The zero-order valence-electron chi connectivity index (χ0n) is 20.1. The average Bonchev–Trinajstić information content (AvgIpc) is 3.32. The molecule has 2 amide bonds. The molecular weight excluding hydrogens is 481 g/mol. The Morgan fingerprint density at radius 2 is 1.83 bits per heavy atom. The normalized spacial score (nSPS) is 21.6. The van der Waals surface area contributed by atoms with Crippen LogP contribution in [-0.2, 0) is 11.2 Å². The molecule has 198 valence electrons. The Balaban J connectivity index is 1.52. The summed E-state index contributed by atoms with van der Waals surface area (Å²) in [5.74, 6) is 0.269. The van der Waals surface area contributed by atoms with E-state index in [-0.39, 0.29) is 23.6 Å². The van der Waals surface area contributed by atoms with Crippen molar-refractivity contribution in [1.82, 2.24) is 19.9 Å². The van der Waals surface area contributed by atoms with Gasteiger partial charge in [0.1, 0.15) is 5.75 Å². The van der Waals surface area contributed by atoms with E-state index in [1.165, 1.54) is 12.1 Å². The Morgan fingerprint density at radius 3 is 2.50 bits per heavy atom. The number of alkyl halides is 3. The summed E-state index contributed by atoms with van der Waals surface area (Å²) >= 11 is 0. The highest BCUT2D eigenvalue weighted by molar-refractivity contribution is 5.75. The third-order valence-corrected chi connectivity index (χ3v) is 6.55. The molecule has 4 rings (SSSR count). The topological polar surface area (TPSA) is 101 Å². The Morgan fingerprint density at radius 1 is 1.14 bits per heavy atom. The summed E-state index contributed by atoms with van der Waals surface area (Å²) < 4.78 is 52.6. The van der Waals surface area contributed by atoms with Gasteiger partial charge in [0, 0.05) is 45.1 Å². The van der Waals surface area contributed by atoms with Crippen molar-refractivity contribution < 1.29 is 37.1 Å². The molecule has 0 bridgehead atoms. The van der Waals surface area contributed by atoms with Crippen molar-refractivity contribution in [2.45, 2.75) is 56.9 Å². The summed E-state index contributed by atoms with van der Waals surface area (Å²) in [6.45, 7) is 4.69. The van der Waals surface area contributed by atoms with E-state index in [2.05, 4.69) is 14.9 Å². The smallest absolute Gasteiger partial charge is 0.406 e. The van der Waals surface area contributed by atoms with E-state index >= 15 is 0 Å². The number of hydrogen-bond acceptors (Lipinski definition) is 7. The molecule has 2 fully saturated rings. The number of benzene rings is 1. The lowest BCUT2D eigenvalue weighted by Crippen LogP contribution is -2.51. The maximum Gasteiger partial charge on any atom is 0.573 e. The first-order valence-electron chi connectivity index (χ1n) is 12.2. The third-order valence-electron chi connectivity index (χ3n) is 6.55. The number of likely N-dealkylation sites (tertiary alicyclic amines) is 2. The molecule has 0 radical (unpaired) electrons. The molecule has 2 aromatic rings. The van der Waals surface area contributed by atoms with Gasteiger partial charge in [-0.15, -0.1) is 13.2 Å². The quantitative estimate of drug-likeness (QED) is 0.565. The summed E-state index contributed by atoms with van der Waals surface area (Å²) in [6.07, 6.45) is -3.01. The van der Waals surface area contributed by atoms with Crippen LogP contribution in [0.5, 0.6) is 5.75 Å². The van der Waals surface area contributed by atoms with Crippen LogP contribution in [0.25, 0.3) is 0 Å². The summed E-state index contributed by atoms with van der Waals surface area (Å²) in [4.78, 5) is 21.3. The van der Waals surface area contributed by atoms with Gasteiger partial charge in [-0.1, -0.05) is 17.3 Å². The first-order chi connectivity index (χ1) is 17.2. The van der Waals surface area contributed by atoms with Crippen LogP contribution >= 0.6 is 0 Å². The predicted molar refractivity (Wildman–Crippen MR) is 122 cm³/mol. The predicted octanol–water partition coefficient (Wildman–Crippen LogP) is 3.70. The lowest BCUT2D eigenvalue weighted by Gasteiger charge is -2.40. The van der Waals surface area contributed by atoms with Gasteiger partial charge in [-0.25, -0.2) is 4.79 Å². The fraction of sp³-hybridized carbons (Fsp3) is 0.625. The molecule has 3 heterocycles. The second-order valence-electron chi connectivity index (χ2n) is 9.15. The standard InChI is InChI=1S/C24H31F3N4O5/c1-2-34-12-9-21-28-22(36-29-21)18-13-17(16-3-5-20(6-4-16)35-24(25,26)27)14-31(15-18)23(33)30-10-7-19(32)8-11-30/h3-6,17-19,32H,2,7-15H2,1H3. The number of urea groups is 1. The van der Waals surface area contributed by atoms with Gasteiger partial charge in [0.2, 0.25) is 5.89 Å². The number of rotatable bonds is 7. The Labute approximate surface area is 207 Å². The summed E-state index contributed by atoms with van der Waals surface area (Å²) in [6, 6.07) is 5.61. The van der Waals surface area contributed by atoms with Crippen LogP contribution < -0.4 is 4.74 Å². The molecule has 0 saturated carbocycles. The van der Waals surface area contributed by atoms with Gasteiger partial charge in [0.25, 0.3) is 0 Å². The van der Waals surface area contributed by atoms with Gasteiger partial charge < -0.3 is 28.9 Å². The molecule has 12 heteroatoms. The highest BCUT2D eigenvalue weighted by atomic mass is 19.4.